The summed E-state index contributed by atoms with van der Waals surface area (Å²) in [5.74, 6) is 0.0665. The van der Waals surface area contributed by atoms with Crippen molar-refractivity contribution in [2.24, 2.45) is 0 Å². The van der Waals surface area contributed by atoms with E-state index in [1.165, 1.54) is 0 Å². The van der Waals surface area contributed by atoms with Crippen molar-refractivity contribution < 1.29 is 4.79 Å². The van der Waals surface area contributed by atoms with Crippen LogP contribution in [0.1, 0.15) is 23.0 Å². The third-order valence-electron chi connectivity index (χ3n) is 2.28. The van der Waals surface area contributed by atoms with Gasteiger partial charge in [0.1, 0.15) is 0 Å². The highest BCUT2D eigenvalue weighted by atomic mass is 32.1. The van der Waals surface area contributed by atoms with Crippen LogP contribution in [0.15, 0.2) is 29.0 Å². The molecule has 0 atom stereocenters. The van der Waals surface area contributed by atoms with E-state index in [2.05, 4.69) is 10.4 Å². The summed E-state index contributed by atoms with van der Waals surface area (Å²) in [4.78, 5) is 15.6. The molecule has 0 saturated heterocycles. The molecular formula is C12H11NOS. The van der Waals surface area contributed by atoms with Crippen LogP contribution < -0.4 is 0 Å². The minimum absolute atomic E-state index is 0.0665. The first kappa shape index (κ1) is 10.1. The molecule has 0 aliphatic rings. The minimum atomic E-state index is 0.0665. The highest BCUT2D eigenvalue weighted by Gasteiger charge is 2.07. The first-order valence-electron chi connectivity index (χ1n) is 4.69. The van der Waals surface area contributed by atoms with E-state index in [4.69, 9.17) is 0 Å². The molecule has 2 nitrogen and oxygen atoms in total. The van der Waals surface area contributed by atoms with Gasteiger partial charge in [-0.2, -0.15) is 11.3 Å². The largest absolute Gasteiger partial charge is 0.294 e. The Bertz CT molecular complexity index is 488. The highest BCUT2D eigenvalue weighted by molar-refractivity contribution is 7.08. The van der Waals surface area contributed by atoms with Crippen LogP contribution in [0, 0.1) is 6.92 Å². The van der Waals surface area contributed by atoms with Gasteiger partial charge in [-0.1, -0.05) is 0 Å². The second-order valence-electron chi connectivity index (χ2n) is 3.40. The molecule has 0 aliphatic carbocycles. The van der Waals surface area contributed by atoms with Gasteiger partial charge in [-0.3, -0.25) is 9.78 Å². The lowest BCUT2D eigenvalue weighted by atomic mass is 10.1. The number of pyridine rings is 1. The molecule has 0 bridgehead atoms. The lowest BCUT2D eigenvalue weighted by Crippen LogP contribution is -1.99. The summed E-state index contributed by atoms with van der Waals surface area (Å²) in [6, 6.07) is 5.77. The number of aryl methyl sites for hydroxylation is 1. The molecule has 0 radical (unpaired) electrons. The van der Waals surface area contributed by atoms with Gasteiger partial charge in [-0.25, -0.2) is 0 Å². The zero-order valence-electron chi connectivity index (χ0n) is 8.65. The molecule has 0 aromatic carbocycles. The van der Waals surface area contributed by atoms with Crippen molar-refractivity contribution in [1.82, 2.24) is 4.98 Å². The minimum Gasteiger partial charge on any atom is -0.294 e. The van der Waals surface area contributed by atoms with Crippen LogP contribution in [0.5, 0.6) is 0 Å². The number of carbonyl (C=O) groups is 1. The maximum absolute atomic E-state index is 11.2. The van der Waals surface area contributed by atoms with Gasteiger partial charge in [0.25, 0.3) is 0 Å². The highest BCUT2D eigenvalue weighted by Crippen LogP contribution is 2.21. The van der Waals surface area contributed by atoms with Crippen molar-refractivity contribution in [2.75, 3.05) is 0 Å². The smallest absolute Gasteiger partial charge is 0.161 e. The maximum atomic E-state index is 11.2. The van der Waals surface area contributed by atoms with Crippen LogP contribution in [0.25, 0.3) is 11.3 Å². The van der Waals surface area contributed by atoms with Gasteiger partial charge in [-0.15, -0.1) is 0 Å². The maximum Gasteiger partial charge on any atom is 0.161 e. The van der Waals surface area contributed by atoms with Crippen LogP contribution in [0.2, 0.25) is 0 Å². The molecule has 2 aromatic rings. The number of rotatable bonds is 2. The standard InChI is InChI=1S/C12H11NOS/c1-8-11(9(2)14)3-4-12(13-8)10-5-6-15-7-10/h3-7H,1-2H3. The Morgan fingerprint density at radius 2 is 2.13 bits per heavy atom. The van der Waals surface area contributed by atoms with E-state index >= 15 is 0 Å². The molecule has 0 unspecified atom stereocenters. The number of hydrogen-bond donors (Lipinski definition) is 0. The molecule has 3 heteroatoms. The second-order valence-corrected chi connectivity index (χ2v) is 4.18. The van der Waals surface area contributed by atoms with Crippen molar-refractivity contribution in [3.63, 3.8) is 0 Å². The van der Waals surface area contributed by atoms with Crippen molar-refractivity contribution in [2.45, 2.75) is 13.8 Å². The predicted molar refractivity (Wildman–Crippen MR) is 62.3 cm³/mol. The molecule has 0 spiro atoms. The Balaban J connectivity index is 2.47. The number of nitrogens with zero attached hydrogens (tertiary/aromatic N) is 1. The van der Waals surface area contributed by atoms with Crippen molar-refractivity contribution in [3.05, 3.63) is 40.2 Å². The average molecular weight is 217 g/mol. The van der Waals surface area contributed by atoms with Crippen LogP contribution >= 0.6 is 11.3 Å². The molecule has 0 saturated carbocycles. The molecule has 0 fully saturated rings. The van der Waals surface area contributed by atoms with Crippen LogP contribution in [0.3, 0.4) is 0 Å². The zero-order chi connectivity index (χ0) is 10.8. The van der Waals surface area contributed by atoms with Crippen LogP contribution in [-0.4, -0.2) is 10.8 Å². The fraction of sp³-hybridized carbons (Fsp3) is 0.167. The lowest BCUT2D eigenvalue weighted by Gasteiger charge is -2.03. The molecule has 2 rings (SSSR count). The summed E-state index contributed by atoms with van der Waals surface area (Å²) in [5.41, 5.74) is 3.54. The topological polar surface area (TPSA) is 30.0 Å². The van der Waals surface area contributed by atoms with E-state index in [0.29, 0.717) is 5.56 Å². The van der Waals surface area contributed by atoms with Gasteiger partial charge in [0.2, 0.25) is 0 Å². The van der Waals surface area contributed by atoms with Gasteiger partial charge in [0.15, 0.2) is 5.78 Å². The Kier molecular flexibility index (Phi) is 2.64. The Labute approximate surface area is 92.6 Å². The number of carbonyl (C=O) groups excluding carboxylic acids is 1. The number of hydrogen-bond acceptors (Lipinski definition) is 3. The van der Waals surface area contributed by atoms with E-state index < -0.39 is 0 Å². The van der Waals surface area contributed by atoms with E-state index in [-0.39, 0.29) is 5.78 Å². The van der Waals surface area contributed by atoms with Gasteiger partial charge in [0, 0.05) is 22.2 Å². The van der Waals surface area contributed by atoms with Crippen molar-refractivity contribution in [3.8, 4) is 11.3 Å². The molecule has 76 valence electrons. The zero-order valence-corrected chi connectivity index (χ0v) is 9.47. The number of Topliss-reactive ketones (excluding diaryl/α,β-unsaturated/α-hetero) is 1. The Morgan fingerprint density at radius 3 is 2.67 bits per heavy atom. The molecular weight excluding hydrogens is 206 g/mol. The van der Waals surface area contributed by atoms with Crippen LogP contribution in [0.4, 0.5) is 0 Å². The summed E-state index contributed by atoms with van der Waals surface area (Å²) in [5, 5.41) is 4.07. The van der Waals surface area contributed by atoms with Gasteiger partial charge >= 0.3 is 0 Å². The van der Waals surface area contributed by atoms with E-state index in [9.17, 15) is 4.79 Å². The first-order chi connectivity index (χ1) is 7.18. The molecule has 0 amide bonds. The monoisotopic (exact) mass is 217 g/mol. The summed E-state index contributed by atoms with van der Waals surface area (Å²) in [6.07, 6.45) is 0. The lowest BCUT2D eigenvalue weighted by molar-refractivity contribution is 0.101. The summed E-state index contributed by atoms with van der Waals surface area (Å²) < 4.78 is 0. The van der Waals surface area contributed by atoms with Crippen molar-refractivity contribution >= 4 is 17.1 Å². The van der Waals surface area contributed by atoms with E-state index in [0.717, 1.165) is 17.0 Å². The molecule has 2 heterocycles. The number of ketones is 1. The van der Waals surface area contributed by atoms with Gasteiger partial charge in [-0.05, 0) is 37.4 Å². The molecule has 0 N–H and O–H groups in total. The second kappa shape index (κ2) is 3.95. The Morgan fingerprint density at radius 1 is 1.33 bits per heavy atom. The van der Waals surface area contributed by atoms with E-state index in [1.807, 2.05) is 30.5 Å². The van der Waals surface area contributed by atoms with Gasteiger partial charge < -0.3 is 0 Å². The predicted octanol–water partition coefficient (Wildman–Crippen LogP) is 3.32. The number of thiophene rings is 1. The van der Waals surface area contributed by atoms with Gasteiger partial charge in [0.05, 0.1) is 5.69 Å². The fourth-order valence-corrected chi connectivity index (χ4v) is 2.15. The van der Waals surface area contributed by atoms with Crippen molar-refractivity contribution in [1.29, 1.82) is 0 Å². The Hall–Kier alpha value is -1.48. The van der Waals surface area contributed by atoms with Crippen LogP contribution in [-0.2, 0) is 0 Å². The SMILES string of the molecule is CC(=O)c1ccc(-c2ccsc2)nc1C. The molecule has 15 heavy (non-hydrogen) atoms. The first-order valence-corrected chi connectivity index (χ1v) is 5.64. The summed E-state index contributed by atoms with van der Waals surface area (Å²) >= 11 is 1.64. The van der Waals surface area contributed by atoms with E-state index in [1.54, 1.807) is 18.3 Å². The normalized spacial score (nSPS) is 10.3. The third-order valence-corrected chi connectivity index (χ3v) is 2.97. The summed E-state index contributed by atoms with van der Waals surface area (Å²) in [7, 11) is 0. The number of aromatic nitrogens is 1. The fourth-order valence-electron chi connectivity index (χ4n) is 1.50. The quantitative estimate of drug-likeness (QED) is 0.722. The molecule has 0 aliphatic heterocycles. The molecule has 2 aromatic heterocycles. The third kappa shape index (κ3) is 1.97. The summed E-state index contributed by atoms with van der Waals surface area (Å²) in [6.45, 7) is 3.43. The average Bonchev–Trinajstić information content (AvgIpc) is 2.69.